The number of nitrogens with zero attached hydrogens (tertiary/aromatic N) is 1. The van der Waals surface area contributed by atoms with E-state index in [2.05, 4.69) is 0 Å². The molecule has 1 atom stereocenters. The van der Waals surface area contributed by atoms with Gasteiger partial charge in [-0.2, -0.15) is 0 Å². The van der Waals surface area contributed by atoms with E-state index in [4.69, 9.17) is 4.74 Å². The van der Waals surface area contributed by atoms with E-state index in [9.17, 15) is 9.59 Å². The van der Waals surface area contributed by atoms with Crippen LogP contribution in [0, 0.1) is 5.92 Å². The Morgan fingerprint density at radius 1 is 1.47 bits per heavy atom. The number of carbonyl (C=O) groups excluding carboxylic acids is 2. The van der Waals surface area contributed by atoms with Gasteiger partial charge in [-0.05, 0) is 26.7 Å². The Hall–Kier alpha value is -1.06. The average molecular weight is 213 g/mol. The highest BCUT2D eigenvalue weighted by atomic mass is 16.6. The van der Waals surface area contributed by atoms with E-state index in [1.54, 1.807) is 0 Å². The maximum absolute atomic E-state index is 11.7. The van der Waals surface area contributed by atoms with Crippen molar-refractivity contribution in [2.75, 3.05) is 6.54 Å². The lowest BCUT2D eigenvalue weighted by molar-refractivity contribution is -0.138. The number of carbonyl (C=O) groups is 2. The summed E-state index contributed by atoms with van der Waals surface area (Å²) in [6.45, 7) is 9.50. The van der Waals surface area contributed by atoms with E-state index in [-0.39, 0.29) is 30.4 Å². The lowest BCUT2D eigenvalue weighted by Gasteiger charge is -2.41. The average Bonchev–Trinajstić information content (AvgIpc) is 1.94. The van der Waals surface area contributed by atoms with Crippen molar-refractivity contribution in [1.29, 1.82) is 0 Å². The molecule has 1 fully saturated rings. The minimum atomic E-state index is -0.503. The maximum Gasteiger partial charge on any atom is 0.411 e. The van der Waals surface area contributed by atoms with Crippen molar-refractivity contribution in [2.45, 2.75) is 46.3 Å². The summed E-state index contributed by atoms with van der Waals surface area (Å²) in [6, 6.07) is -0.292. The first-order valence-corrected chi connectivity index (χ1v) is 5.24. The van der Waals surface area contributed by atoms with Gasteiger partial charge in [0, 0.05) is 0 Å². The molecule has 15 heavy (non-hydrogen) atoms. The molecule has 4 heteroatoms. The molecule has 0 radical (unpaired) electrons. The van der Waals surface area contributed by atoms with Crippen LogP contribution in [-0.2, 0) is 9.53 Å². The third-order valence-corrected chi connectivity index (χ3v) is 2.25. The van der Waals surface area contributed by atoms with Gasteiger partial charge in [0.05, 0.1) is 12.6 Å². The van der Waals surface area contributed by atoms with Crippen molar-refractivity contribution >= 4 is 11.9 Å². The van der Waals surface area contributed by atoms with Crippen LogP contribution in [0.4, 0.5) is 4.79 Å². The van der Waals surface area contributed by atoms with Crippen LogP contribution < -0.4 is 0 Å². The molecular weight excluding hydrogens is 194 g/mol. The van der Waals surface area contributed by atoms with Crippen molar-refractivity contribution in [3.05, 3.63) is 0 Å². The van der Waals surface area contributed by atoms with Gasteiger partial charge in [-0.15, -0.1) is 0 Å². The Balaban J connectivity index is 2.59. The number of amides is 1. The minimum absolute atomic E-state index is 0.121. The second-order valence-corrected chi connectivity index (χ2v) is 5.26. The van der Waals surface area contributed by atoms with E-state index in [1.807, 2.05) is 34.6 Å². The number of likely N-dealkylation sites (tertiary alicyclic amines) is 1. The first-order valence-electron chi connectivity index (χ1n) is 5.24. The van der Waals surface area contributed by atoms with E-state index >= 15 is 0 Å². The van der Waals surface area contributed by atoms with Crippen LogP contribution in [0.5, 0.6) is 0 Å². The molecule has 0 aromatic rings. The third kappa shape index (κ3) is 2.70. The molecule has 0 N–H and O–H groups in total. The zero-order chi connectivity index (χ0) is 11.8. The molecule has 1 rings (SSSR count). The minimum Gasteiger partial charge on any atom is -0.444 e. The van der Waals surface area contributed by atoms with Gasteiger partial charge in [-0.25, -0.2) is 4.79 Å². The molecule has 1 saturated heterocycles. The Morgan fingerprint density at radius 2 is 2.00 bits per heavy atom. The Labute approximate surface area is 90.6 Å². The highest BCUT2D eigenvalue weighted by Crippen LogP contribution is 2.23. The quantitative estimate of drug-likeness (QED) is 0.667. The van der Waals surface area contributed by atoms with Crippen LogP contribution in [0.2, 0.25) is 0 Å². The van der Waals surface area contributed by atoms with Gasteiger partial charge in [0.1, 0.15) is 5.60 Å². The van der Waals surface area contributed by atoms with Crippen LogP contribution in [0.25, 0.3) is 0 Å². The predicted octanol–water partition coefficient (Wildman–Crippen LogP) is 1.83. The van der Waals surface area contributed by atoms with Crippen molar-refractivity contribution in [3.63, 3.8) is 0 Å². The lowest BCUT2D eigenvalue weighted by Crippen LogP contribution is -2.62. The molecule has 0 bridgehead atoms. The number of ether oxygens (including phenoxy) is 1. The molecule has 0 aliphatic carbocycles. The molecule has 1 amide bonds. The largest absolute Gasteiger partial charge is 0.444 e. The summed E-state index contributed by atoms with van der Waals surface area (Å²) in [4.78, 5) is 24.5. The number of rotatable bonds is 1. The Morgan fingerprint density at radius 3 is 2.33 bits per heavy atom. The predicted molar refractivity (Wildman–Crippen MR) is 56.6 cm³/mol. The van der Waals surface area contributed by atoms with Crippen molar-refractivity contribution in [2.24, 2.45) is 5.92 Å². The monoisotopic (exact) mass is 213 g/mol. The fourth-order valence-electron chi connectivity index (χ4n) is 1.65. The van der Waals surface area contributed by atoms with Gasteiger partial charge in [0.2, 0.25) is 0 Å². The molecule has 1 heterocycles. The topological polar surface area (TPSA) is 46.6 Å². The SMILES string of the molecule is CC(C)[C@H]1C(=O)CN1C(=O)OC(C)(C)C. The summed E-state index contributed by atoms with van der Waals surface area (Å²) >= 11 is 0. The molecule has 0 aromatic heterocycles. The molecule has 0 aromatic carbocycles. The van der Waals surface area contributed by atoms with E-state index in [0.717, 1.165) is 0 Å². The van der Waals surface area contributed by atoms with Crippen LogP contribution in [0.3, 0.4) is 0 Å². The summed E-state index contributed by atoms with van der Waals surface area (Å²) in [5.41, 5.74) is -0.503. The standard InChI is InChI=1S/C11H19NO3/c1-7(2)9-8(13)6-12(9)10(14)15-11(3,4)5/h7,9H,6H2,1-5H3/t9-/m0/s1. The zero-order valence-electron chi connectivity index (χ0n) is 10.0. The fraction of sp³-hybridized carbons (Fsp3) is 0.818. The molecular formula is C11H19NO3. The number of hydrogen-bond donors (Lipinski definition) is 0. The van der Waals surface area contributed by atoms with Gasteiger partial charge in [0.15, 0.2) is 5.78 Å². The zero-order valence-corrected chi connectivity index (χ0v) is 10.0. The lowest BCUT2D eigenvalue weighted by atomic mass is 9.91. The Bertz CT molecular complexity index is 278. The van der Waals surface area contributed by atoms with Crippen molar-refractivity contribution in [1.82, 2.24) is 4.90 Å². The molecule has 86 valence electrons. The van der Waals surface area contributed by atoms with Crippen molar-refractivity contribution in [3.8, 4) is 0 Å². The summed E-state index contributed by atoms with van der Waals surface area (Å²) in [7, 11) is 0. The van der Waals surface area contributed by atoms with Gasteiger partial charge in [-0.3, -0.25) is 9.69 Å². The first kappa shape index (κ1) is 12.0. The summed E-state index contributed by atoms with van der Waals surface area (Å²) in [5.74, 6) is 0.273. The van der Waals surface area contributed by atoms with Gasteiger partial charge in [-0.1, -0.05) is 13.8 Å². The third-order valence-electron chi connectivity index (χ3n) is 2.25. The van der Waals surface area contributed by atoms with E-state index in [0.29, 0.717) is 0 Å². The summed E-state index contributed by atoms with van der Waals surface area (Å²) in [6.07, 6.45) is -0.388. The van der Waals surface area contributed by atoms with E-state index in [1.165, 1.54) is 4.90 Å². The van der Waals surface area contributed by atoms with Crippen LogP contribution in [-0.4, -0.2) is 35.0 Å². The normalized spacial score (nSPS) is 21.6. The Kier molecular flexibility index (Phi) is 3.07. The fourth-order valence-corrected chi connectivity index (χ4v) is 1.65. The number of Topliss-reactive ketones (excluding diaryl/α,β-unsaturated/α-hetero) is 1. The van der Waals surface area contributed by atoms with Crippen LogP contribution in [0.1, 0.15) is 34.6 Å². The molecule has 0 spiro atoms. The molecule has 4 nitrogen and oxygen atoms in total. The number of ketones is 1. The second kappa shape index (κ2) is 3.83. The van der Waals surface area contributed by atoms with Crippen LogP contribution >= 0.6 is 0 Å². The smallest absolute Gasteiger partial charge is 0.411 e. The van der Waals surface area contributed by atoms with E-state index < -0.39 is 5.60 Å². The molecule has 0 unspecified atom stereocenters. The van der Waals surface area contributed by atoms with Crippen LogP contribution in [0.15, 0.2) is 0 Å². The maximum atomic E-state index is 11.7. The molecule has 1 aliphatic heterocycles. The van der Waals surface area contributed by atoms with Gasteiger partial charge >= 0.3 is 6.09 Å². The van der Waals surface area contributed by atoms with Gasteiger partial charge < -0.3 is 4.74 Å². The van der Waals surface area contributed by atoms with Gasteiger partial charge in [0.25, 0.3) is 0 Å². The summed E-state index contributed by atoms with van der Waals surface area (Å²) < 4.78 is 5.21. The second-order valence-electron chi connectivity index (χ2n) is 5.26. The molecule has 1 aliphatic rings. The highest BCUT2D eigenvalue weighted by Gasteiger charge is 2.44. The molecule has 0 saturated carbocycles. The van der Waals surface area contributed by atoms with Crippen molar-refractivity contribution < 1.29 is 14.3 Å². The highest BCUT2D eigenvalue weighted by molar-refractivity contribution is 5.97. The number of hydrogen-bond acceptors (Lipinski definition) is 3. The summed E-state index contributed by atoms with van der Waals surface area (Å²) in [5, 5.41) is 0. The first-order chi connectivity index (χ1) is 6.72.